The van der Waals surface area contributed by atoms with Crippen LogP contribution >= 0.6 is 11.3 Å². The Kier molecular flexibility index (Phi) is 6.55. The maximum atomic E-state index is 4.70. The minimum Gasteiger partial charge on any atom is -0.356 e. The highest BCUT2D eigenvalue weighted by atomic mass is 32.1. The van der Waals surface area contributed by atoms with E-state index >= 15 is 0 Å². The van der Waals surface area contributed by atoms with Gasteiger partial charge < -0.3 is 10.2 Å². The molecule has 2 aromatic heterocycles. The Morgan fingerprint density at radius 2 is 1.77 bits per heavy atom. The molecule has 0 unspecified atom stereocenters. The van der Waals surface area contributed by atoms with Crippen LogP contribution in [0.2, 0.25) is 0 Å². The van der Waals surface area contributed by atoms with Crippen molar-refractivity contribution >= 4 is 23.1 Å². The van der Waals surface area contributed by atoms with Gasteiger partial charge in [0.05, 0.1) is 12.2 Å². The van der Waals surface area contributed by atoms with Gasteiger partial charge in [-0.15, -0.1) is 11.3 Å². The Morgan fingerprint density at radius 1 is 1.00 bits per heavy atom. The van der Waals surface area contributed by atoms with Crippen LogP contribution in [0.3, 0.4) is 0 Å². The zero-order valence-electron chi connectivity index (χ0n) is 15.4. The van der Waals surface area contributed by atoms with Crippen molar-refractivity contribution in [1.82, 2.24) is 15.0 Å². The zero-order chi connectivity index (χ0) is 18.2. The van der Waals surface area contributed by atoms with Gasteiger partial charge in [0.1, 0.15) is 10.8 Å². The summed E-state index contributed by atoms with van der Waals surface area (Å²) in [6.07, 6.45) is 4.03. The summed E-state index contributed by atoms with van der Waals surface area (Å²) in [6.45, 7) is 7.02. The fourth-order valence-electron chi connectivity index (χ4n) is 2.76. The van der Waals surface area contributed by atoms with Gasteiger partial charge in [0.2, 0.25) is 5.95 Å². The quantitative estimate of drug-likeness (QED) is 0.586. The predicted molar refractivity (Wildman–Crippen MR) is 110 cm³/mol. The number of rotatable bonds is 9. The van der Waals surface area contributed by atoms with E-state index in [2.05, 4.69) is 51.5 Å². The lowest BCUT2D eigenvalue weighted by atomic mass is 10.2. The topological polar surface area (TPSA) is 53.9 Å². The van der Waals surface area contributed by atoms with Crippen molar-refractivity contribution in [2.75, 3.05) is 23.3 Å². The van der Waals surface area contributed by atoms with E-state index in [0.29, 0.717) is 12.5 Å². The second-order valence-corrected chi connectivity index (χ2v) is 6.95. The van der Waals surface area contributed by atoms with Crippen LogP contribution in [0, 0.1) is 0 Å². The van der Waals surface area contributed by atoms with Crippen LogP contribution in [-0.2, 0) is 6.54 Å². The van der Waals surface area contributed by atoms with Gasteiger partial charge in [0, 0.05) is 30.2 Å². The minimum atomic E-state index is 0.619. The second kappa shape index (κ2) is 9.29. The first-order chi connectivity index (χ1) is 12.8. The van der Waals surface area contributed by atoms with Crippen LogP contribution in [0.15, 0.2) is 48.0 Å². The highest BCUT2D eigenvalue weighted by Crippen LogP contribution is 2.23. The highest BCUT2D eigenvalue weighted by Gasteiger charge is 2.08. The number of aromatic nitrogens is 3. The zero-order valence-corrected chi connectivity index (χ0v) is 16.2. The SMILES string of the molecule is CCCN(CCC)c1ccnc(NCc2csc(-c3ccccc3)n2)n1. The van der Waals surface area contributed by atoms with Gasteiger partial charge in [-0.25, -0.2) is 9.97 Å². The molecule has 1 N–H and O–H groups in total. The standard InChI is InChI=1S/C20H25N5S/c1-3-12-25(13-4-2)18-10-11-21-20(24-18)22-14-17-15-26-19(23-17)16-8-6-5-7-9-16/h5-11,15H,3-4,12-14H2,1-2H3,(H,21,22,24). The summed E-state index contributed by atoms with van der Waals surface area (Å²) in [5.41, 5.74) is 2.15. The maximum Gasteiger partial charge on any atom is 0.224 e. The molecule has 0 atom stereocenters. The van der Waals surface area contributed by atoms with Crippen molar-refractivity contribution in [3.05, 3.63) is 53.7 Å². The van der Waals surface area contributed by atoms with E-state index in [-0.39, 0.29) is 0 Å². The Labute approximate surface area is 159 Å². The number of thiazole rings is 1. The fourth-order valence-corrected chi connectivity index (χ4v) is 3.59. The minimum absolute atomic E-state index is 0.619. The lowest BCUT2D eigenvalue weighted by Gasteiger charge is -2.22. The van der Waals surface area contributed by atoms with Crippen molar-refractivity contribution < 1.29 is 0 Å². The van der Waals surface area contributed by atoms with E-state index in [4.69, 9.17) is 4.98 Å². The van der Waals surface area contributed by atoms with Gasteiger partial charge in [-0.05, 0) is 18.9 Å². The van der Waals surface area contributed by atoms with Crippen molar-refractivity contribution in [1.29, 1.82) is 0 Å². The molecule has 1 aromatic carbocycles. The molecule has 0 aliphatic rings. The molecule has 136 valence electrons. The summed E-state index contributed by atoms with van der Waals surface area (Å²) in [7, 11) is 0. The average molecular weight is 368 g/mol. The molecule has 3 aromatic rings. The summed E-state index contributed by atoms with van der Waals surface area (Å²) < 4.78 is 0. The van der Waals surface area contributed by atoms with Gasteiger partial charge in [-0.3, -0.25) is 0 Å². The molecular formula is C20H25N5S. The van der Waals surface area contributed by atoms with Crippen molar-refractivity contribution in [2.45, 2.75) is 33.2 Å². The van der Waals surface area contributed by atoms with Crippen LogP contribution in [-0.4, -0.2) is 28.0 Å². The predicted octanol–water partition coefficient (Wildman–Crippen LogP) is 4.84. The fraction of sp³-hybridized carbons (Fsp3) is 0.350. The van der Waals surface area contributed by atoms with Crippen LogP contribution in [0.1, 0.15) is 32.4 Å². The monoisotopic (exact) mass is 367 g/mol. The molecule has 0 radical (unpaired) electrons. The van der Waals surface area contributed by atoms with E-state index in [9.17, 15) is 0 Å². The summed E-state index contributed by atoms with van der Waals surface area (Å²) in [4.78, 5) is 16.0. The van der Waals surface area contributed by atoms with E-state index in [1.165, 1.54) is 0 Å². The van der Waals surface area contributed by atoms with Crippen LogP contribution in [0.4, 0.5) is 11.8 Å². The molecule has 26 heavy (non-hydrogen) atoms. The Hall–Kier alpha value is -2.47. The molecule has 0 aliphatic heterocycles. The molecule has 0 fully saturated rings. The molecule has 5 nitrogen and oxygen atoms in total. The number of hydrogen-bond donors (Lipinski definition) is 1. The molecule has 0 spiro atoms. The van der Waals surface area contributed by atoms with Gasteiger partial charge >= 0.3 is 0 Å². The van der Waals surface area contributed by atoms with Gasteiger partial charge in [0.25, 0.3) is 0 Å². The number of hydrogen-bond acceptors (Lipinski definition) is 6. The van der Waals surface area contributed by atoms with Crippen molar-refractivity contribution in [3.8, 4) is 10.6 Å². The van der Waals surface area contributed by atoms with Gasteiger partial charge in [-0.2, -0.15) is 4.98 Å². The van der Waals surface area contributed by atoms with Crippen LogP contribution in [0.25, 0.3) is 10.6 Å². The van der Waals surface area contributed by atoms with Crippen molar-refractivity contribution in [2.24, 2.45) is 0 Å². The molecule has 0 amide bonds. The van der Waals surface area contributed by atoms with Gasteiger partial charge in [0.15, 0.2) is 0 Å². The molecule has 3 rings (SSSR count). The van der Waals surface area contributed by atoms with E-state index in [1.54, 1.807) is 11.3 Å². The van der Waals surface area contributed by atoms with E-state index in [1.807, 2.05) is 30.5 Å². The number of anilines is 2. The lowest BCUT2D eigenvalue weighted by molar-refractivity contribution is 0.733. The molecule has 2 heterocycles. The highest BCUT2D eigenvalue weighted by molar-refractivity contribution is 7.13. The molecule has 6 heteroatoms. The summed E-state index contributed by atoms with van der Waals surface area (Å²) in [6, 6.07) is 12.2. The normalized spacial score (nSPS) is 10.7. The third kappa shape index (κ3) is 4.79. The number of nitrogens with zero attached hydrogens (tertiary/aromatic N) is 4. The van der Waals surface area contributed by atoms with Crippen molar-refractivity contribution in [3.63, 3.8) is 0 Å². The molecule has 0 saturated carbocycles. The summed E-state index contributed by atoms with van der Waals surface area (Å²) >= 11 is 1.66. The van der Waals surface area contributed by atoms with E-state index in [0.717, 1.165) is 48.0 Å². The average Bonchev–Trinajstić information content (AvgIpc) is 3.16. The van der Waals surface area contributed by atoms with Crippen LogP contribution < -0.4 is 10.2 Å². The third-order valence-electron chi connectivity index (χ3n) is 3.95. The molecule has 0 aliphatic carbocycles. The number of benzene rings is 1. The summed E-state index contributed by atoms with van der Waals surface area (Å²) in [5, 5.41) is 6.42. The Bertz CT molecular complexity index is 797. The first kappa shape index (κ1) is 18.3. The smallest absolute Gasteiger partial charge is 0.224 e. The lowest BCUT2D eigenvalue weighted by Crippen LogP contribution is -2.26. The second-order valence-electron chi connectivity index (χ2n) is 6.09. The molecule has 0 saturated heterocycles. The Balaban J connectivity index is 1.65. The Morgan fingerprint density at radius 3 is 2.50 bits per heavy atom. The third-order valence-corrected chi connectivity index (χ3v) is 4.89. The first-order valence-electron chi connectivity index (χ1n) is 9.11. The maximum absolute atomic E-state index is 4.70. The first-order valence-corrected chi connectivity index (χ1v) is 9.99. The summed E-state index contributed by atoms with van der Waals surface area (Å²) in [5.74, 6) is 1.63. The molecular weight excluding hydrogens is 342 g/mol. The van der Waals surface area contributed by atoms with Gasteiger partial charge in [-0.1, -0.05) is 44.2 Å². The van der Waals surface area contributed by atoms with Crippen LogP contribution in [0.5, 0.6) is 0 Å². The van der Waals surface area contributed by atoms with E-state index < -0.39 is 0 Å². The number of nitrogens with one attached hydrogen (secondary N) is 1. The largest absolute Gasteiger partial charge is 0.356 e. The molecule has 0 bridgehead atoms.